The molecule has 0 heterocycles. The van der Waals surface area contributed by atoms with Gasteiger partial charge in [0.25, 0.3) is 0 Å². The van der Waals surface area contributed by atoms with E-state index in [1.54, 1.807) is 18.2 Å². The van der Waals surface area contributed by atoms with E-state index in [-0.39, 0.29) is 12.1 Å². The lowest BCUT2D eigenvalue weighted by atomic mass is 9.93. The highest BCUT2D eigenvalue weighted by atomic mass is 35.5. The van der Waals surface area contributed by atoms with Crippen LogP contribution >= 0.6 is 23.2 Å². The second-order valence-electron chi connectivity index (χ2n) is 7.13. The molecule has 0 spiro atoms. The molecule has 128 valence electrons. The van der Waals surface area contributed by atoms with Crippen LogP contribution in [0.1, 0.15) is 49.4 Å². The molecule has 3 nitrogen and oxygen atoms in total. The predicted octanol–water partition coefficient (Wildman–Crippen LogP) is 4.95. The minimum absolute atomic E-state index is 0.155. The average molecular weight is 359 g/mol. The number of nitrogens with zero attached hydrogens (tertiary/aromatic N) is 1. The number of quaternary nitrogens is 1. The number of esters is 1. The van der Waals surface area contributed by atoms with E-state index in [0.717, 1.165) is 11.0 Å². The van der Waals surface area contributed by atoms with E-state index in [1.165, 1.54) is 32.1 Å². The van der Waals surface area contributed by atoms with E-state index in [2.05, 4.69) is 14.1 Å². The van der Waals surface area contributed by atoms with Crippen LogP contribution in [-0.2, 0) is 4.74 Å². The Morgan fingerprint density at radius 3 is 2.30 bits per heavy atom. The van der Waals surface area contributed by atoms with Crippen molar-refractivity contribution in [2.75, 3.05) is 20.6 Å². The van der Waals surface area contributed by atoms with Gasteiger partial charge in [0.1, 0.15) is 12.6 Å². The molecule has 1 fully saturated rings. The first-order valence-corrected chi connectivity index (χ1v) is 9.03. The van der Waals surface area contributed by atoms with E-state index in [4.69, 9.17) is 27.9 Å². The third-order valence-corrected chi connectivity index (χ3v) is 5.13. The normalized spacial score (nSPS) is 17.8. The van der Waals surface area contributed by atoms with Gasteiger partial charge in [0.15, 0.2) is 0 Å². The number of carbonyl (C=O) groups is 1. The van der Waals surface area contributed by atoms with Crippen molar-refractivity contribution in [2.24, 2.45) is 0 Å². The van der Waals surface area contributed by atoms with Crippen LogP contribution < -0.4 is 0 Å². The number of halogens is 2. The number of likely N-dealkylation sites (N-methyl/N-ethyl adjacent to an activating group) is 1. The van der Waals surface area contributed by atoms with Gasteiger partial charge in [-0.15, -0.1) is 0 Å². The first-order chi connectivity index (χ1) is 10.8. The molecule has 0 bridgehead atoms. The van der Waals surface area contributed by atoms with Gasteiger partial charge < -0.3 is 9.22 Å². The van der Waals surface area contributed by atoms with Crippen molar-refractivity contribution < 1.29 is 14.0 Å². The molecule has 0 amide bonds. The molecule has 23 heavy (non-hydrogen) atoms. The van der Waals surface area contributed by atoms with Gasteiger partial charge in [-0.2, -0.15) is 0 Å². The molecular weight excluding hydrogens is 333 g/mol. The molecule has 2 rings (SSSR count). The summed E-state index contributed by atoms with van der Waals surface area (Å²) in [5, 5.41) is 0.880. The summed E-state index contributed by atoms with van der Waals surface area (Å²) in [5.74, 6) is -0.370. The van der Waals surface area contributed by atoms with E-state index in [9.17, 15) is 4.79 Å². The molecule has 1 aromatic rings. The van der Waals surface area contributed by atoms with Crippen LogP contribution in [0.4, 0.5) is 0 Å². The Bertz CT molecular complexity index is 534. The molecular formula is C18H26Cl2NO2+. The highest BCUT2D eigenvalue weighted by Gasteiger charge is 2.32. The molecule has 0 N–H and O–H groups in total. The minimum atomic E-state index is -0.370. The quantitative estimate of drug-likeness (QED) is 0.549. The van der Waals surface area contributed by atoms with Gasteiger partial charge in [-0.1, -0.05) is 29.6 Å². The Hall–Kier alpha value is -0.770. The minimum Gasteiger partial charge on any atom is -0.453 e. The standard InChI is InChI=1S/C18H26Cl2NO2/c1-13(12-21(2,3)17-7-5-4-6-8-17)23-18(22)14-9-15(19)11-16(20)10-14/h9-11,13,17H,4-8,12H2,1-3H3/q+1. The summed E-state index contributed by atoms with van der Waals surface area (Å²) in [6.45, 7) is 2.76. The number of rotatable bonds is 5. The van der Waals surface area contributed by atoms with Crippen molar-refractivity contribution in [1.82, 2.24) is 0 Å². The van der Waals surface area contributed by atoms with Gasteiger partial charge in [0.2, 0.25) is 0 Å². The predicted molar refractivity (Wildman–Crippen MR) is 95.2 cm³/mol. The summed E-state index contributed by atoms with van der Waals surface area (Å²) in [6.07, 6.45) is 6.33. The Morgan fingerprint density at radius 2 is 1.74 bits per heavy atom. The van der Waals surface area contributed by atoms with Crippen molar-refractivity contribution in [2.45, 2.75) is 51.2 Å². The molecule has 1 aromatic carbocycles. The smallest absolute Gasteiger partial charge is 0.338 e. The first kappa shape index (κ1) is 18.6. The number of benzene rings is 1. The Balaban J connectivity index is 1.95. The lowest BCUT2D eigenvalue weighted by Gasteiger charge is -2.41. The third kappa shape index (κ3) is 5.37. The average Bonchev–Trinajstić information content (AvgIpc) is 2.46. The van der Waals surface area contributed by atoms with Crippen LogP contribution in [0.25, 0.3) is 0 Å². The highest BCUT2D eigenvalue weighted by Crippen LogP contribution is 2.26. The lowest BCUT2D eigenvalue weighted by Crippen LogP contribution is -2.53. The van der Waals surface area contributed by atoms with Gasteiger partial charge in [-0.3, -0.25) is 0 Å². The fraction of sp³-hybridized carbons (Fsp3) is 0.611. The second kappa shape index (κ2) is 7.87. The number of hydrogen-bond donors (Lipinski definition) is 0. The molecule has 1 aliphatic rings. The van der Waals surface area contributed by atoms with E-state index >= 15 is 0 Å². The molecule has 1 aliphatic carbocycles. The fourth-order valence-corrected chi connectivity index (χ4v) is 4.08. The lowest BCUT2D eigenvalue weighted by molar-refractivity contribution is -0.918. The zero-order chi connectivity index (χ0) is 17.0. The largest absolute Gasteiger partial charge is 0.453 e. The number of carbonyl (C=O) groups excluding carboxylic acids is 1. The van der Waals surface area contributed by atoms with Gasteiger partial charge in [-0.25, -0.2) is 4.79 Å². The van der Waals surface area contributed by atoms with E-state index in [0.29, 0.717) is 21.7 Å². The zero-order valence-electron chi connectivity index (χ0n) is 14.1. The summed E-state index contributed by atoms with van der Waals surface area (Å²) in [5.41, 5.74) is 0.400. The van der Waals surface area contributed by atoms with Gasteiger partial charge in [0, 0.05) is 10.0 Å². The Labute approximate surface area is 149 Å². The fourth-order valence-electron chi connectivity index (χ4n) is 3.55. The molecule has 0 aliphatic heterocycles. The van der Waals surface area contributed by atoms with Crippen molar-refractivity contribution in [3.63, 3.8) is 0 Å². The summed E-state index contributed by atoms with van der Waals surface area (Å²) in [6, 6.07) is 5.44. The maximum atomic E-state index is 12.3. The first-order valence-electron chi connectivity index (χ1n) is 8.27. The van der Waals surface area contributed by atoms with Crippen LogP contribution in [0.2, 0.25) is 10.0 Å². The van der Waals surface area contributed by atoms with Crippen molar-refractivity contribution >= 4 is 29.2 Å². The second-order valence-corrected chi connectivity index (χ2v) is 8.00. The maximum Gasteiger partial charge on any atom is 0.338 e. The summed E-state index contributed by atoms with van der Waals surface area (Å²) in [7, 11) is 4.47. The van der Waals surface area contributed by atoms with Crippen LogP contribution in [0.15, 0.2) is 18.2 Å². The Morgan fingerprint density at radius 1 is 1.17 bits per heavy atom. The molecule has 1 unspecified atom stereocenters. The maximum absolute atomic E-state index is 12.3. The van der Waals surface area contributed by atoms with Crippen molar-refractivity contribution in [3.8, 4) is 0 Å². The molecule has 1 saturated carbocycles. The van der Waals surface area contributed by atoms with Crippen LogP contribution in [-0.4, -0.2) is 43.2 Å². The number of hydrogen-bond acceptors (Lipinski definition) is 2. The van der Waals surface area contributed by atoms with Crippen molar-refractivity contribution in [1.29, 1.82) is 0 Å². The highest BCUT2D eigenvalue weighted by molar-refractivity contribution is 6.35. The summed E-state index contributed by atoms with van der Waals surface area (Å²) in [4.78, 5) is 12.3. The topological polar surface area (TPSA) is 26.3 Å². The third-order valence-electron chi connectivity index (χ3n) is 4.70. The number of ether oxygens (including phenoxy) is 1. The van der Waals surface area contributed by atoms with E-state index < -0.39 is 0 Å². The molecule has 0 aromatic heterocycles. The van der Waals surface area contributed by atoms with Crippen LogP contribution in [0, 0.1) is 0 Å². The van der Waals surface area contributed by atoms with Crippen molar-refractivity contribution in [3.05, 3.63) is 33.8 Å². The van der Waals surface area contributed by atoms with E-state index in [1.807, 2.05) is 6.92 Å². The monoisotopic (exact) mass is 358 g/mol. The zero-order valence-corrected chi connectivity index (χ0v) is 15.7. The van der Waals surface area contributed by atoms with Gasteiger partial charge in [-0.05, 0) is 50.8 Å². The van der Waals surface area contributed by atoms with Crippen LogP contribution in [0.3, 0.4) is 0 Å². The molecule has 1 atom stereocenters. The Kier molecular flexibility index (Phi) is 6.35. The summed E-state index contributed by atoms with van der Waals surface area (Å²) >= 11 is 11.9. The molecule has 5 heteroatoms. The SMILES string of the molecule is CC(C[N+](C)(C)C1CCCCC1)OC(=O)c1cc(Cl)cc(Cl)c1. The van der Waals surface area contributed by atoms with Gasteiger partial charge in [0.05, 0.1) is 25.7 Å². The molecule has 0 saturated heterocycles. The summed E-state index contributed by atoms with van der Waals surface area (Å²) < 4.78 is 6.49. The van der Waals surface area contributed by atoms with Crippen LogP contribution in [0.5, 0.6) is 0 Å². The molecule has 0 radical (unpaired) electrons. The van der Waals surface area contributed by atoms with Gasteiger partial charge >= 0.3 is 5.97 Å².